The molecule has 0 aromatic carbocycles. The van der Waals surface area contributed by atoms with Crippen molar-refractivity contribution in [3.05, 3.63) is 12.2 Å². The molecular weight excluding hydrogens is 140 g/mol. The van der Waals surface area contributed by atoms with Crippen LogP contribution >= 0.6 is 0 Å². The van der Waals surface area contributed by atoms with Gasteiger partial charge in [0.1, 0.15) is 5.71 Å². The van der Waals surface area contributed by atoms with Crippen molar-refractivity contribution in [1.29, 1.82) is 0 Å². The number of aliphatic imine (C=N–C) groups is 1. The lowest BCUT2D eigenvalue weighted by Gasteiger charge is -2.05. The Morgan fingerprint density at radius 1 is 1.73 bits per heavy atom. The Labute approximate surface area is 66.2 Å². The molecule has 0 aromatic heterocycles. The second-order valence-corrected chi connectivity index (χ2v) is 2.76. The van der Waals surface area contributed by atoms with Crippen LogP contribution in [0.5, 0.6) is 0 Å². The van der Waals surface area contributed by atoms with Crippen LogP contribution in [0.25, 0.3) is 0 Å². The van der Waals surface area contributed by atoms with Crippen LogP contribution in [-0.2, 0) is 4.79 Å². The van der Waals surface area contributed by atoms with E-state index in [-0.39, 0.29) is 11.9 Å². The second kappa shape index (κ2) is 3.32. The summed E-state index contributed by atoms with van der Waals surface area (Å²) in [6.45, 7) is 4.50. The SMILES string of the molecule is CC(C)NC(=O)C1=NCC=C1. The number of hydrogen-bond donors (Lipinski definition) is 1. The number of carbonyl (C=O) groups excluding carboxylic acids is 1. The van der Waals surface area contributed by atoms with Crippen molar-refractivity contribution in [2.75, 3.05) is 6.54 Å². The molecule has 11 heavy (non-hydrogen) atoms. The molecule has 0 aromatic rings. The summed E-state index contributed by atoms with van der Waals surface area (Å²) in [7, 11) is 0. The molecule has 1 aliphatic rings. The number of amides is 1. The third-order valence-corrected chi connectivity index (χ3v) is 1.30. The Bertz CT molecular complexity index is 216. The smallest absolute Gasteiger partial charge is 0.269 e. The first-order valence-corrected chi connectivity index (χ1v) is 3.72. The molecule has 0 aliphatic carbocycles. The lowest BCUT2D eigenvalue weighted by molar-refractivity contribution is -0.115. The van der Waals surface area contributed by atoms with Crippen LogP contribution < -0.4 is 5.32 Å². The molecule has 1 N–H and O–H groups in total. The van der Waals surface area contributed by atoms with Crippen LogP contribution in [-0.4, -0.2) is 24.2 Å². The second-order valence-electron chi connectivity index (χ2n) is 2.76. The normalized spacial score (nSPS) is 15.4. The number of nitrogens with zero attached hydrogens (tertiary/aromatic N) is 1. The molecule has 1 amide bonds. The first-order valence-electron chi connectivity index (χ1n) is 3.72. The van der Waals surface area contributed by atoms with Crippen LogP contribution in [0.3, 0.4) is 0 Å². The molecule has 3 heteroatoms. The van der Waals surface area contributed by atoms with Gasteiger partial charge in [-0.05, 0) is 19.9 Å². The highest BCUT2D eigenvalue weighted by Crippen LogP contribution is 1.93. The number of rotatable bonds is 2. The average Bonchev–Trinajstić information content (AvgIpc) is 2.35. The molecule has 0 fully saturated rings. The van der Waals surface area contributed by atoms with E-state index >= 15 is 0 Å². The monoisotopic (exact) mass is 152 g/mol. The maximum absolute atomic E-state index is 11.2. The fourth-order valence-electron chi connectivity index (χ4n) is 0.852. The van der Waals surface area contributed by atoms with E-state index in [1.807, 2.05) is 19.9 Å². The first-order chi connectivity index (χ1) is 5.20. The third-order valence-electron chi connectivity index (χ3n) is 1.30. The lowest BCUT2D eigenvalue weighted by atomic mass is 10.3. The Morgan fingerprint density at radius 3 is 2.91 bits per heavy atom. The minimum atomic E-state index is -0.0752. The van der Waals surface area contributed by atoms with Crippen LogP contribution in [0.15, 0.2) is 17.1 Å². The zero-order chi connectivity index (χ0) is 8.27. The lowest BCUT2D eigenvalue weighted by Crippen LogP contribution is -2.34. The maximum atomic E-state index is 11.2. The predicted octanol–water partition coefficient (Wildman–Crippen LogP) is 0.522. The van der Waals surface area contributed by atoms with Crippen LogP contribution in [0.1, 0.15) is 13.8 Å². The molecule has 1 aliphatic heterocycles. The highest BCUT2D eigenvalue weighted by atomic mass is 16.1. The van der Waals surface area contributed by atoms with E-state index in [9.17, 15) is 4.79 Å². The summed E-state index contributed by atoms with van der Waals surface area (Å²) in [6, 6.07) is 0.180. The van der Waals surface area contributed by atoms with Gasteiger partial charge in [-0.3, -0.25) is 9.79 Å². The van der Waals surface area contributed by atoms with Gasteiger partial charge in [0.25, 0.3) is 5.91 Å². The Kier molecular flexibility index (Phi) is 2.41. The summed E-state index contributed by atoms with van der Waals surface area (Å²) < 4.78 is 0. The zero-order valence-corrected chi connectivity index (χ0v) is 6.79. The molecule has 0 spiro atoms. The molecule has 60 valence electrons. The molecule has 1 rings (SSSR count). The molecule has 1 heterocycles. The average molecular weight is 152 g/mol. The van der Waals surface area contributed by atoms with Gasteiger partial charge in [0.2, 0.25) is 0 Å². The first kappa shape index (κ1) is 7.98. The van der Waals surface area contributed by atoms with Crippen molar-refractivity contribution in [1.82, 2.24) is 5.32 Å². The van der Waals surface area contributed by atoms with Gasteiger partial charge in [0.15, 0.2) is 0 Å². The fourth-order valence-corrected chi connectivity index (χ4v) is 0.852. The van der Waals surface area contributed by atoms with Crippen LogP contribution in [0.2, 0.25) is 0 Å². The Balaban J connectivity index is 2.48. The standard InChI is InChI=1S/C8H12N2O/c1-6(2)10-8(11)7-4-3-5-9-7/h3-4,6H,5H2,1-2H3,(H,10,11). The van der Waals surface area contributed by atoms with Crippen molar-refractivity contribution in [3.63, 3.8) is 0 Å². The van der Waals surface area contributed by atoms with Crippen molar-refractivity contribution in [3.8, 4) is 0 Å². The molecule has 0 bridgehead atoms. The van der Waals surface area contributed by atoms with E-state index in [0.29, 0.717) is 12.3 Å². The van der Waals surface area contributed by atoms with Crippen molar-refractivity contribution < 1.29 is 4.79 Å². The largest absolute Gasteiger partial charge is 0.349 e. The highest BCUT2D eigenvalue weighted by molar-refractivity contribution is 6.43. The van der Waals surface area contributed by atoms with E-state index in [0.717, 1.165) is 0 Å². The van der Waals surface area contributed by atoms with E-state index in [1.165, 1.54) is 0 Å². The Hall–Kier alpha value is -1.12. The van der Waals surface area contributed by atoms with E-state index < -0.39 is 0 Å². The molecular formula is C8H12N2O. The molecule has 0 saturated carbocycles. The van der Waals surface area contributed by atoms with Crippen LogP contribution in [0.4, 0.5) is 0 Å². The van der Waals surface area contributed by atoms with Gasteiger partial charge in [0.05, 0.1) is 6.54 Å². The number of nitrogens with one attached hydrogen (secondary N) is 1. The van der Waals surface area contributed by atoms with Gasteiger partial charge in [-0.1, -0.05) is 6.08 Å². The van der Waals surface area contributed by atoms with E-state index in [1.54, 1.807) is 6.08 Å². The van der Waals surface area contributed by atoms with E-state index in [2.05, 4.69) is 10.3 Å². The molecule has 0 saturated heterocycles. The topological polar surface area (TPSA) is 41.5 Å². The molecule has 0 atom stereocenters. The molecule has 0 unspecified atom stereocenters. The number of carbonyl (C=O) groups is 1. The van der Waals surface area contributed by atoms with Crippen molar-refractivity contribution in [2.24, 2.45) is 4.99 Å². The van der Waals surface area contributed by atoms with Gasteiger partial charge in [0, 0.05) is 6.04 Å². The third kappa shape index (κ3) is 2.18. The Morgan fingerprint density at radius 2 is 2.45 bits per heavy atom. The van der Waals surface area contributed by atoms with Gasteiger partial charge >= 0.3 is 0 Å². The predicted molar refractivity (Wildman–Crippen MR) is 44.7 cm³/mol. The van der Waals surface area contributed by atoms with E-state index in [4.69, 9.17) is 0 Å². The van der Waals surface area contributed by atoms with Crippen molar-refractivity contribution in [2.45, 2.75) is 19.9 Å². The number of hydrogen-bond acceptors (Lipinski definition) is 2. The summed E-state index contributed by atoms with van der Waals surface area (Å²) >= 11 is 0. The summed E-state index contributed by atoms with van der Waals surface area (Å²) in [5.74, 6) is -0.0752. The molecule has 3 nitrogen and oxygen atoms in total. The van der Waals surface area contributed by atoms with Gasteiger partial charge in [-0.2, -0.15) is 0 Å². The summed E-state index contributed by atoms with van der Waals surface area (Å²) in [5, 5.41) is 2.76. The quantitative estimate of drug-likeness (QED) is 0.615. The van der Waals surface area contributed by atoms with Gasteiger partial charge in [-0.15, -0.1) is 0 Å². The molecule has 0 radical (unpaired) electrons. The zero-order valence-electron chi connectivity index (χ0n) is 6.79. The fraction of sp³-hybridized carbons (Fsp3) is 0.500. The summed E-state index contributed by atoms with van der Waals surface area (Å²) in [6.07, 6.45) is 3.62. The highest BCUT2D eigenvalue weighted by Gasteiger charge is 2.10. The van der Waals surface area contributed by atoms with Crippen molar-refractivity contribution >= 4 is 11.6 Å². The van der Waals surface area contributed by atoms with Gasteiger partial charge < -0.3 is 5.32 Å². The van der Waals surface area contributed by atoms with Crippen LogP contribution in [0, 0.1) is 0 Å². The maximum Gasteiger partial charge on any atom is 0.269 e. The minimum Gasteiger partial charge on any atom is -0.349 e. The summed E-state index contributed by atoms with van der Waals surface area (Å²) in [4.78, 5) is 15.1. The van der Waals surface area contributed by atoms with Gasteiger partial charge in [-0.25, -0.2) is 0 Å². The summed E-state index contributed by atoms with van der Waals surface area (Å²) in [5.41, 5.74) is 0.540. The minimum absolute atomic E-state index is 0.0752.